The smallest absolute Gasteiger partial charge is 0.0474 e. The zero-order chi connectivity index (χ0) is 13.3. The summed E-state index contributed by atoms with van der Waals surface area (Å²) < 4.78 is 5.38. The van der Waals surface area contributed by atoms with Gasteiger partial charge in [-0.25, -0.2) is 0 Å². The number of alkyl halides is 1. The van der Waals surface area contributed by atoms with Crippen LogP contribution < -0.4 is 5.32 Å². The minimum atomic E-state index is 0.583. The van der Waals surface area contributed by atoms with Gasteiger partial charge in [0, 0.05) is 31.3 Å². The molecular weight excluding hydrogens is 258 g/mol. The van der Waals surface area contributed by atoms with Gasteiger partial charge in [0.25, 0.3) is 0 Å². The monoisotopic (exact) mass is 281 g/mol. The van der Waals surface area contributed by atoms with Crippen LogP contribution in [-0.2, 0) is 10.6 Å². The molecule has 0 unspecified atom stereocenters. The standard InChI is InChI=1S/C16H24ClNO/c17-13-15-5-3-6-16(12-15)18-9-2-1-4-14-7-10-19-11-8-14/h3,5-6,12,14,18H,1-2,4,7-11,13H2. The molecule has 106 valence electrons. The van der Waals surface area contributed by atoms with Crippen LogP contribution in [0.3, 0.4) is 0 Å². The predicted octanol–water partition coefficient (Wildman–Crippen LogP) is 4.43. The Kier molecular flexibility index (Phi) is 6.52. The third-order valence-corrected chi connectivity index (χ3v) is 4.10. The lowest BCUT2D eigenvalue weighted by Gasteiger charge is -2.21. The van der Waals surface area contributed by atoms with Gasteiger partial charge in [0.05, 0.1) is 0 Å². The summed E-state index contributed by atoms with van der Waals surface area (Å²) in [6.07, 6.45) is 6.42. The van der Waals surface area contributed by atoms with E-state index in [9.17, 15) is 0 Å². The SMILES string of the molecule is ClCc1cccc(NCCCCC2CCOCC2)c1. The molecule has 1 N–H and O–H groups in total. The molecule has 0 spiro atoms. The van der Waals surface area contributed by atoms with Gasteiger partial charge in [-0.2, -0.15) is 0 Å². The van der Waals surface area contributed by atoms with Gasteiger partial charge >= 0.3 is 0 Å². The van der Waals surface area contributed by atoms with Crippen molar-refractivity contribution in [3.05, 3.63) is 29.8 Å². The number of hydrogen-bond acceptors (Lipinski definition) is 2. The van der Waals surface area contributed by atoms with Crippen molar-refractivity contribution in [2.45, 2.75) is 38.0 Å². The Morgan fingerprint density at radius 1 is 1.21 bits per heavy atom. The number of nitrogens with one attached hydrogen (secondary N) is 1. The van der Waals surface area contributed by atoms with Gasteiger partial charge in [0.2, 0.25) is 0 Å². The van der Waals surface area contributed by atoms with Gasteiger partial charge in [-0.15, -0.1) is 11.6 Å². The number of ether oxygens (including phenoxy) is 1. The molecule has 3 heteroatoms. The van der Waals surface area contributed by atoms with Crippen LogP contribution >= 0.6 is 11.6 Å². The fourth-order valence-corrected chi connectivity index (χ4v) is 2.76. The average Bonchev–Trinajstić information content (AvgIpc) is 2.48. The summed E-state index contributed by atoms with van der Waals surface area (Å²) in [5.41, 5.74) is 2.36. The van der Waals surface area contributed by atoms with E-state index in [2.05, 4.69) is 29.6 Å². The number of benzene rings is 1. The normalized spacial score (nSPS) is 16.5. The zero-order valence-corrected chi connectivity index (χ0v) is 12.3. The Labute approximate surface area is 121 Å². The largest absolute Gasteiger partial charge is 0.385 e. The second-order valence-electron chi connectivity index (χ2n) is 5.31. The first kappa shape index (κ1) is 14.7. The summed E-state index contributed by atoms with van der Waals surface area (Å²) >= 11 is 5.83. The van der Waals surface area contributed by atoms with E-state index in [0.29, 0.717) is 5.88 Å². The summed E-state index contributed by atoms with van der Waals surface area (Å²) in [6.45, 7) is 2.98. The predicted molar refractivity (Wildman–Crippen MR) is 81.9 cm³/mol. The van der Waals surface area contributed by atoms with E-state index in [4.69, 9.17) is 16.3 Å². The molecule has 1 saturated heterocycles. The number of hydrogen-bond donors (Lipinski definition) is 1. The van der Waals surface area contributed by atoms with Crippen molar-refractivity contribution in [1.29, 1.82) is 0 Å². The summed E-state index contributed by atoms with van der Waals surface area (Å²) in [7, 11) is 0. The van der Waals surface area contributed by atoms with Crippen molar-refractivity contribution < 1.29 is 4.74 Å². The van der Waals surface area contributed by atoms with Crippen LogP contribution in [0.15, 0.2) is 24.3 Å². The quantitative estimate of drug-likeness (QED) is 0.589. The van der Waals surface area contributed by atoms with Crippen molar-refractivity contribution in [2.24, 2.45) is 5.92 Å². The maximum Gasteiger partial charge on any atom is 0.0474 e. The fourth-order valence-electron chi connectivity index (χ4n) is 2.59. The van der Waals surface area contributed by atoms with E-state index in [1.807, 2.05) is 0 Å². The van der Waals surface area contributed by atoms with Crippen LogP contribution in [0.25, 0.3) is 0 Å². The lowest BCUT2D eigenvalue weighted by atomic mass is 9.94. The van der Waals surface area contributed by atoms with Gasteiger partial charge in [0.15, 0.2) is 0 Å². The van der Waals surface area contributed by atoms with Gasteiger partial charge in [0.1, 0.15) is 0 Å². The molecule has 1 heterocycles. The van der Waals surface area contributed by atoms with Crippen LogP contribution in [0.4, 0.5) is 5.69 Å². The Morgan fingerprint density at radius 2 is 2.05 bits per heavy atom. The molecule has 0 bridgehead atoms. The maximum atomic E-state index is 5.83. The minimum absolute atomic E-state index is 0.583. The highest BCUT2D eigenvalue weighted by Gasteiger charge is 2.12. The Hall–Kier alpha value is -0.730. The van der Waals surface area contributed by atoms with Gasteiger partial charge in [-0.1, -0.05) is 25.0 Å². The van der Waals surface area contributed by atoms with Crippen molar-refractivity contribution in [3.63, 3.8) is 0 Å². The van der Waals surface area contributed by atoms with Crippen LogP contribution in [-0.4, -0.2) is 19.8 Å². The van der Waals surface area contributed by atoms with Crippen LogP contribution in [0, 0.1) is 5.92 Å². The molecule has 1 aromatic rings. The van der Waals surface area contributed by atoms with Gasteiger partial charge < -0.3 is 10.1 Å². The molecule has 0 radical (unpaired) electrons. The molecule has 1 aromatic carbocycles. The van der Waals surface area contributed by atoms with Gasteiger partial charge in [-0.3, -0.25) is 0 Å². The molecule has 0 amide bonds. The molecule has 1 fully saturated rings. The molecule has 0 saturated carbocycles. The second-order valence-corrected chi connectivity index (χ2v) is 5.58. The van der Waals surface area contributed by atoms with E-state index < -0.39 is 0 Å². The van der Waals surface area contributed by atoms with Crippen LogP contribution in [0.1, 0.15) is 37.7 Å². The third kappa shape index (κ3) is 5.42. The summed E-state index contributed by atoms with van der Waals surface area (Å²) in [6, 6.07) is 8.35. The highest BCUT2D eigenvalue weighted by molar-refractivity contribution is 6.17. The summed E-state index contributed by atoms with van der Waals surface area (Å²) in [5, 5.41) is 3.47. The third-order valence-electron chi connectivity index (χ3n) is 3.79. The van der Waals surface area contributed by atoms with E-state index in [0.717, 1.165) is 25.7 Å². The van der Waals surface area contributed by atoms with E-state index in [1.54, 1.807) is 0 Å². The first-order valence-electron chi connectivity index (χ1n) is 7.35. The lowest BCUT2D eigenvalue weighted by molar-refractivity contribution is 0.0632. The Bertz CT molecular complexity index is 364. The molecule has 1 aliphatic heterocycles. The molecule has 0 aromatic heterocycles. The molecular formula is C16H24ClNO. The molecule has 19 heavy (non-hydrogen) atoms. The first-order chi connectivity index (χ1) is 9.38. The Balaban J connectivity index is 1.58. The van der Waals surface area contributed by atoms with Crippen molar-refractivity contribution in [2.75, 3.05) is 25.1 Å². The number of rotatable bonds is 7. The van der Waals surface area contributed by atoms with E-state index in [1.165, 1.54) is 43.4 Å². The lowest BCUT2D eigenvalue weighted by Crippen LogP contribution is -2.15. The van der Waals surface area contributed by atoms with Crippen molar-refractivity contribution in [3.8, 4) is 0 Å². The summed E-state index contributed by atoms with van der Waals surface area (Å²) in [4.78, 5) is 0. The molecule has 0 atom stereocenters. The number of anilines is 1. The van der Waals surface area contributed by atoms with E-state index >= 15 is 0 Å². The molecule has 1 aliphatic rings. The maximum absolute atomic E-state index is 5.83. The van der Waals surface area contributed by atoms with Crippen LogP contribution in [0.2, 0.25) is 0 Å². The van der Waals surface area contributed by atoms with E-state index in [-0.39, 0.29) is 0 Å². The van der Waals surface area contributed by atoms with Crippen molar-refractivity contribution >= 4 is 17.3 Å². The average molecular weight is 282 g/mol. The first-order valence-corrected chi connectivity index (χ1v) is 7.88. The van der Waals surface area contributed by atoms with Crippen molar-refractivity contribution in [1.82, 2.24) is 0 Å². The van der Waals surface area contributed by atoms with Crippen LogP contribution in [0.5, 0.6) is 0 Å². The number of unbranched alkanes of at least 4 members (excludes halogenated alkanes) is 1. The van der Waals surface area contributed by atoms with Gasteiger partial charge in [-0.05, 0) is 42.9 Å². The fraction of sp³-hybridized carbons (Fsp3) is 0.625. The molecule has 2 nitrogen and oxygen atoms in total. The summed E-state index contributed by atoms with van der Waals surface area (Å²) in [5.74, 6) is 1.48. The Morgan fingerprint density at radius 3 is 2.84 bits per heavy atom. The number of halogens is 1. The highest BCUT2D eigenvalue weighted by Crippen LogP contribution is 2.20. The topological polar surface area (TPSA) is 21.3 Å². The minimum Gasteiger partial charge on any atom is -0.385 e. The zero-order valence-electron chi connectivity index (χ0n) is 11.5. The molecule has 0 aliphatic carbocycles. The molecule has 2 rings (SSSR count). The second kappa shape index (κ2) is 8.44. The highest BCUT2D eigenvalue weighted by atomic mass is 35.5.